The van der Waals surface area contributed by atoms with E-state index in [1.165, 1.54) is 18.4 Å². The fourth-order valence-corrected chi connectivity index (χ4v) is 2.02. The first-order valence-corrected chi connectivity index (χ1v) is 6.49. The molecule has 0 N–H and O–H groups in total. The minimum Gasteiger partial charge on any atom is -0.486 e. The molecule has 1 aromatic carbocycles. The Morgan fingerprint density at radius 3 is 2.73 bits per heavy atom. The van der Waals surface area contributed by atoms with E-state index in [0.29, 0.717) is 18.1 Å². The lowest BCUT2D eigenvalue weighted by Gasteiger charge is -2.24. The minimum atomic E-state index is -3.19. The molecule has 0 amide bonds. The predicted octanol–water partition coefficient (Wildman–Crippen LogP) is 1.25. The minimum absolute atomic E-state index is 0.0488. The molecule has 0 spiro atoms. The zero-order chi connectivity index (χ0) is 11.1. The summed E-state index contributed by atoms with van der Waals surface area (Å²) in [5.41, 5.74) is 0. The monoisotopic (exact) mass is 228 g/mol. The SMILES string of the molecule is CC1COc2ccc(S(C)(=O)=O)cc2O1. The van der Waals surface area contributed by atoms with Crippen molar-refractivity contribution in [3.05, 3.63) is 18.2 Å². The van der Waals surface area contributed by atoms with Crippen LogP contribution in [-0.4, -0.2) is 27.4 Å². The molecule has 2 rings (SSSR count). The average Bonchev–Trinajstić information content (AvgIpc) is 2.15. The molecule has 0 fully saturated rings. The molecule has 1 heterocycles. The molecule has 82 valence electrons. The first kappa shape index (κ1) is 10.3. The van der Waals surface area contributed by atoms with Crippen molar-refractivity contribution < 1.29 is 17.9 Å². The molecule has 5 heteroatoms. The largest absolute Gasteiger partial charge is 0.486 e. The number of fused-ring (bicyclic) bond motifs is 1. The van der Waals surface area contributed by atoms with Gasteiger partial charge < -0.3 is 9.47 Å². The number of benzene rings is 1. The van der Waals surface area contributed by atoms with Gasteiger partial charge in [-0.2, -0.15) is 0 Å². The van der Waals surface area contributed by atoms with Crippen LogP contribution in [0, 0.1) is 0 Å². The van der Waals surface area contributed by atoms with E-state index < -0.39 is 9.84 Å². The van der Waals surface area contributed by atoms with Crippen molar-refractivity contribution >= 4 is 9.84 Å². The number of hydrogen-bond acceptors (Lipinski definition) is 4. The van der Waals surface area contributed by atoms with E-state index in [1.807, 2.05) is 6.92 Å². The summed E-state index contributed by atoms with van der Waals surface area (Å²) >= 11 is 0. The molecule has 1 aliphatic heterocycles. The number of hydrogen-bond donors (Lipinski definition) is 0. The van der Waals surface area contributed by atoms with Crippen molar-refractivity contribution in [3.63, 3.8) is 0 Å². The lowest BCUT2D eigenvalue weighted by Crippen LogP contribution is -2.25. The summed E-state index contributed by atoms with van der Waals surface area (Å²) in [5, 5.41) is 0. The second-order valence-electron chi connectivity index (χ2n) is 3.62. The maximum Gasteiger partial charge on any atom is 0.175 e. The number of rotatable bonds is 1. The van der Waals surface area contributed by atoms with E-state index in [0.717, 1.165) is 0 Å². The first-order valence-electron chi connectivity index (χ1n) is 4.60. The quantitative estimate of drug-likeness (QED) is 0.726. The van der Waals surface area contributed by atoms with Gasteiger partial charge in [0, 0.05) is 12.3 Å². The molecular weight excluding hydrogens is 216 g/mol. The zero-order valence-electron chi connectivity index (χ0n) is 8.56. The summed E-state index contributed by atoms with van der Waals surface area (Å²) in [7, 11) is -3.19. The molecule has 4 nitrogen and oxygen atoms in total. The number of sulfone groups is 1. The summed E-state index contributed by atoms with van der Waals surface area (Å²) in [4.78, 5) is 0.249. The summed E-state index contributed by atoms with van der Waals surface area (Å²) in [6, 6.07) is 4.64. The lowest BCUT2D eigenvalue weighted by atomic mass is 10.3. The van der Waals surface area contributed by atoms with Crippen molar-refractivity contribution in [2.45, 2.75) is 17.9 Å². The first-order chi connectivity index (χ1) is 6.97. The van der Waals surface area contributed by atoms with Gasteiger partial charge in [0.25, 0.3) is 0 Å². The normalized spacial score (nSPS) is 20.0. The van der Waals surface area contributed by atoms with Crippen LogP contribution in [-0.2, 0) is 9.84 Å². The molecular formula is C10H12O4S. The third-order valence-corrected chi connectivity index (χ3v) is 3.26. The van der Waals surface area contributed by atoms with E-state index >= 15 is 0 Å². The Bertz CT molecular complexity index is 478. The topological polar surface area (TPSA) is 52.6 Å². The molecule has 0 aromatic heterocycles. The van der Waals surface area contributed by atoms with Crippen LogP contribution in [0.1, 0.15) is 6.92 Å². The molecule has 0 radical (unpaired) electrons. The van der Waals surface area contributed by atoms with E-state index in [-0.39, 0.29) is 11.0 Å². The molecule has 0 bridgehead atoms. The van der Waals surface area contributed by atoms with Gasteiger partial charge in [0.05, 0.1) is 4.90 Å². The van der Waals surface area contributed by atoms with Crippen LogP contribution in [0.4, 0.5) is 0 Å². The van der Waals surface area contributed by atoms with E-state index in [9.17, 15) is 8.42 Å². The highest BCUT2D eigenvalue weighted by atomic mass is 32.2. The Labute approximate surface area is 88.7 Å². The number of ether oxygens (including phenoxy) is 2. The predicted molar refractivity (Wildman–Crippen MR) is 55.1 cm³/mol. The molecule has 1 unspecified atom stereocenters. The second kappa shape index (κ2) is 3.41. The van der Waals surface area contributed by atoms with Gasteiger partial charge in [-0.15, -0.1) is 0 Å². The molecule has 1 aliphatic rings. The van der Waals surface area contributed by atoms with Gasteiger partial charge >= 0.3 is 0 Å². The fraction of sp³-hybridized carbons (Fsp3) is 0.400. The van der Waals surface area contributed by atoms with Gasteiger partial charge in [-0.05, 0) is 19.1 Å². The summed E-state index contributed by atoms with van der Waals surface area (Å²) in [5.74, 6) is 1.09. The van der Waals surface area contributed by atoms with Gasteiger partial charge in [-0.25, -0.2) is 8.42 Å². The highest BCUT2D eigenvalue weighted by Gasteiger charge is 2.19. The summed E-state index contributed by atoms with van der Waals surface area (Å²) < 4.78 is 33.5. The van der Waals surface area contributed by atoms with E-state index in [1.54, 1.807) is 6.07 Å². The van der Waals surface area contributed by atoms with Crippen LogP contribution in [0.2, 0.25) is 0 Å². The Morgan fingerprint density at radius 1 is 1.33 bits per heavy atom. The van der Waals surface area contributed by atoms with Gasteiger partial charge in [0.15, 0.2) is 21.3 Å². The van der Waals surface area contributed by atoms with Crippen LogP contribution in [0.25, 0.3) is 0 Å². The van der Waals surface area contributed by atoms with Crippen molar-refractivity contribution in [3.8, 4) is 11.5 Å². The van der Waals surface area contributed by atoms with Gasteiger partial charge in [0.2, 0.25) is 0 Å². The van der Waals surface area contributed by atoms with E-state index in [4.69, 9.17) is 9.47 Å². The van der Waals surface area contributed by atoms with Crippen molar-refractivity contribution in [1.82, 2.24) is 0 Å². The van der Waals surface area contributed by atoms with Crippen LogP contribution in [0.5, 0.6) is 11.5 Å². The second-order valence-corrected chi connectivity index (χ2v) is 5.64. The van der Waals surface area contributed by atoms with Crippen LogP contribution in [0.15, 0.2) is 23.1 Å². The van der Waals surface area contributed by atoms with Crippen LogP contribution < -0.4 is 9.47 Å². The lowest BCUT2D eigenvalue weighted by molar-refractivity contribution is 0.104. The maximum absolute atomic E-state index is 11.3. The smallest absolute Gasteiger partial charge is 0.175 e. The van der Waals surface area contributed by atoms with Crippen molar-refractivity contribution in [2.24, 2.45) is 0 Å². The highest BCUT2D eigenvalue weighted by Crippen LogP contribution is 2.33. The molecule has 1 aromatic rings. The third kappa shape index (κ3) is 2.07. The van der Waals surface area contributed by atoms with Gasteiger partial charge in [-0.3, -0.25) is 0 Å². The van der Waals surface area contributed by atoms with E-state index in [2.05, 4.69) is 0 Å². The molecule has 0 aliphatic carbocycles. The Balaban J connectivity index is 2.46. The molecule has 0 saturated heterocycles. The van der Waals surface area contributed by atoms with Crippen molar-refractivity contribution in [1.29, 1.82) is 0 Å². The highest BCUT2D eigenvalue weighted by molar-refractivity contribution is 7.90. The standard InChI is InChI=1S/C10H12O4S/c1-7-6-13-9-4-3-8(15(2,11)12)5-10(9)14-7/h3-5,7H,6H2,1-2H3. The molecule has 1 atom stereocenters. The van der Waals surface area contributed by atoms with Gasteiger partial charge in [-0.1, -0.05) is 0 Å². The third-order valence-electron chi connectivity index (χ3n) is 2.15. The maximum atomic E-state index is 11.3. The summed E-state index contributed by atoms with van der Waals surface area (Å²) in [6.45, 7) is 2.36. The van der Waals surface area contributed by atoms with Crippen LogP contribution >= 0.6 is 0 Å². The Hall–Kier alpha value is -1.23. The zero-order valence-corrected chi connectivity index (χ0v) is 9.37. The molecule has 15 heavy (non-hydrogen) atoms. The Morgan fingerprint density at radius 2 is 2.07 bits per heavy atom. The van der Waals surface area contributed by atoms with Gasteiger partial charge in [0.1, 0.15) is 12.7 Å². The van der Waals surface area contributed by atoms with Crippen LogP contribution in [0.3, 0.4) is 0 Å². The fourth-order valence-electron chi connectivity index (χ4n) is 1.39. The average molecular weight is 228 g/mol. The summed E-state index contributed by atoms with van der Waals surface area (Å²) in [6.07, 6.45) is 1.12. The van der Waals surface area contributed by atoms with Crippen molar-refractivity contribution in [2.75, 3.05) is 12.9 Å². The Kier molecular flexibility index (Phi) is 2.34. The molecule has 0 saturated carbocycles.